The molecular formula is C23H27N3O4S. The number of hydrogen-bond donors (Lipinski definition) is 1. The van der Waals surface area contributed by atoms with E-state index in [1.165, 1.54) is 6.42 Å². The molecule has 4 rings (SSSR count). The number of sulfonamides is 1. The Balaban J connectivity index is 1.34. The molecule has 0 saturated carbocycles. The summed E-state index contributed by atoms with van der Waals surface area (Å²) in [6.07, 6.45) is 3.89. The van der Waals surface area contributed by atoms with Crippen LogP contribution in [0.3, 0.4) is 0 Å². The van der Waals surface area contributed by atoms with Crippen LogP contribution in [0.2, 0.25) is 0 Å². The van der Waals surface area contributed by atoms with Crippen molar-refractivity contribution < 1.29 is 17.9 Å². The van der Waals surface area contributed by atoms with Crippen LogP contribution in [0.1, 0.15) is 42.9 Å². The molecule has 0 aliphatic carbocycles. The Hall–Kier alpha value is -2.71. The highest BCUT2D eigenvalue weighted by Crippen LogP contribution is 2.26. The maximum atomic E-state index is 12.9. The van der Waals surface area contributed by atoms with Crippen molar-refractivity contribution in [3.8, 4) is 0 Å². The van der Waals surface area contributed by atoms with Gasteiger partial charge in [0.05, 0.1) is 11.5 Å². The number of likely N-dealkylation sites (tertiary alicyclic amines) is 1. The highest BCUT2D eigenvalue weighted by molar-refractivity contribution is 7.90. The molecular weight excluding hydrogens is 414 g/mol. The van der Waals surface area contributed by atoms with Gasteiger partial charge >= 0.3 is 5.97 Å². The van der Waals surface area contributed by atoms with Crippen molar-refractivity contribution in [1.82, 2.24) is 9.62 Å². The molecule has 0 bridgehead atoms. The van der Waals surface area contributed by atoms with Crippen molar-refractivity contribution in [1.29, 1.82) is 0 Å². The molecule has 0 spiro atoms. The first kappa shape index (κ1) is 21.5. The summed E-state index contributed by atoms with van der Waals surface area (Å²) in [7, 11) is -3.54. The van der Waals surface area contributed by atoms with Gasteiger partial charge < -0.3 is 4.74 Å². The molecule has 0 radical (unpaired) electrons. The van der Waals surface area contributed by atoms with Crippen LogP contribution in [0, 0.1) is 0 Å². The molecule has 2 aromatic rings. The van der Waals surface area contributed by atoms with E-state index in [1.807, 2.05) is 30.3 Å². The summed E-state index contributed by atoms with van der Waals surface area (Å²) in [5.41, 5.74) is 1.53. The van der Waals surface area contributed by atoms with Crippen LogP contribution in [0.15, 0.2) is 64.5 Å². The Bertz CT molecular complexity index is 1050. The second-order valence-corrected chi connectivity index (χ2v) is 9.41. The van der Waals surface area contributed by atoms with Gasteiger partial charge in [0.15, 0.2) is 0 Å². The maximum absolute atomic E-state index is 12.9. The van der Waals surface area contributed by atoms with E-state index in [4.69, 9.17) is 4.74 Å². The predicted octanol–water partition coefficient (Wildman–Crippen LogP) is 2.89. The molecule has 0 aromatic heterocycles. The standard InChI is InChI=1S/C23H27N3O4S/c27-23(21(18-10-3-1-4-11-18)26-15-7-2-8-16-26)30-17-9-14-24-22-19-12-5-6-13-20(19)31(28,29)25-22/h1,3-6,10-13,21H,2,7-9,14-17H2,(H,24,25). The lowest BCUT2D eigenvalue weighted by atomic mass is 10.0. The van der Waals surface area contributed by atoms with Crippen molar-refractivity contribution in [3.05, 3.63) is 65.7 Å². The number of nitrogens with one attached hydrogen (secondary N) is 1. The lowest BCUT2D eigenvalue weighted by Gasteiger charge is -2.33. The van der Waals surface area contributed by atoms with Gasteiger partial charge in [-0.25, -0.2) is 13.2 Å². The van der Waals surface area contributed by atoms with E-state index in [0.717, 1.165) is 31.5 Å². The van der Waals surface area contributed by atoms with Crippen LogP contribution in [-0.2, 0) is 19.6 Å². The smallest absolute Gasteiger partial charge is 0.328 e. The fourth-order valence-corrected chi connectivity index (χ4v) is 5.32. The minimum absolute atomic E-state index is 0.237. The van der Waals surface area contributed by atoms with Crippen molar-refractivity contribution in [2.45, 2.75) is 36.6 Å². The maximum Gasteiger partial charge on any atom is 0.328 e. The summed E-state index contributed by atoms with van der Waals surface area (Å²) in [6, 6.07) is 16.1. The van der Waals surface area contributed by atoms with E-state index in [0.29, 0.717) is 24.4 Å². The molecule has 0 amide bonds. The Morgan fingerprint density at radius 2 is 1.74 bits per heavy atom. The second kappa shape index (κ2) is 9.62. The molecule has 31 heavy (non-hydrogen) atoms. The Labute approximate surface area is 183 Å². The molecule has 2 aliphatic heterocycles. The van der Waals surface area contributed by atoms with Crippen molar-refractivity contribution in [3.63, 3.8) is 0 Å². The number of nitrogens with zero attached hydrogens (tertiary/aromatic N) is 2. The summed E-state index contributed by atoms with van der Waals surface area (Å²) in [5.74, 6) is 0.102. The van der Waals surface area contributed by atoms with Crippen molar-refractivity contribution in [2.24, 2.45) is 4.99 Å². The van der Waals surface area contributed by atoms with Gasteiger partial charge in [0.1, 0.15) is 11.9 Å². The molecule has 2 heterocycles. The van der Waals surface area contributed by atoms with Crippen molar-refractivity contribution in [2.75, 3.05) is 26.2 Å². The zero-order valence-electron chi connectivity index (χ0n) is 17.4. The van der Waals surface area contributed by atoms with E-state index >= 15 is 0 Å². The van der Waals surface area contributed by atoms with Crippen LogP contribution < -0.4 is 4.72 Å². The minimum Gasteiger partial charge on any atom is -0.464 e. The Morgan fingerprint density at radius 3 is 2.52 bits per heavy atom. The summed E-state index contributed by atoms with van der Waals surface area (Å²) >= 11 is 0. The number of rotatable bonds is 7. The van der Waals surface area contributed by atoms with E-state index < -0.39 is 10.0 Å². The van der Waals surface area contributed by atoms with Gasteiger partial charge in [0.2, 0.25) is 0 Å². The molecule has 1 saturated heterocycles. The molecule has 1 N–H and O–H groups in total. The minimum atomic E-state index is -3.54. The first-order valence-corrected chi connectivity index (χ1v) is 12.2. The SMILES string of the molecule is O=C(OCCCN=C1NS(=O)(=O)c2ccccc21)C(c1ccccc1)N1CCCCC1. The van der Waals surface area contributed by atoms with E-state index in [9.17, 15) is 13.2 Å². The summed E-state index contributed by atoms with van der Waals surface area (Å²) < 4.78 is 32.4. The van der Waals surface area contributed by atoms with Gasteiger partial charge in [0, 0.05) is 18.5 Å². The predicted molar refractivity (Wildman–Crippen MR) is 118 cm³/mol. The topological polar surface area (TPSA) is 88.1 Å². The fourth-order valence-electron chi connectivity index (χ4n) is 4.07. The molecule has 7 nitrogen and oxygen atoms in total. The molecule has 1 unspecified atom stereocenters. The first-order valence-electron chi connectivity index (χ1n) is 10.7. The number of aliphatic imine (C=N–C) groups is 1. The number of ether oxygens (including phenoxy) is 1. The van der Waals surface area contributed by atoms with E-state index in [2.05, 4.69) is 14.6 Å². The number of benzene rings is 2. The zero-order chi connectivity index (χ0) is 21.7. The van der Waals surface area contributed by atoms with E-state index in [-0.39, 0.29) is 23.5 Å². The third kappa shape index (κ3) is 4.97. The fraction of sp³-hybridized carbons (Fsp3) is 0.391. The highest BCUT2D eigenvalue weighted by atomic mass is 32.2. The lowest BCUT2D eigenvalue weighted by Crippen LogP contribution is -2.38. The van der Waals surface area contributed by atoms with Crippen LogP contribution in [-0.4, -0.2) is 51.4 Å². The molecule has 2 aromatic carbocycles. The van der Waals surface area contributed by atoms with Crippen LogP contribution in [0.4, 0.5) is 0 Å². The number of carbonyl (C=O) groups excluding carboxylic acids is 1. The molecule has 2 aliphatic rings. The third-order valence-corrected chi connectivity index (χ3v) is 6.97. The second-order valence-electron chi connectivity index (χ2n) is 7.76. The molecule has 1 fully saturated rings. The Morgan fingerprint density at radius 1 is 1.03 bits per heavy atom. The lowest BCUT2D eigenvalue weighted by molar-refractivity contribution is -0.151. The Kier molecular flexibility index (Phi) is 6.67. The van der Waals surface area contributed by atoms with Crippen LogP contribution in [0.25, 0.3) is 0 Å². The van der Waals surface area contributed by atoms with Gasteiger partial charge in [-0.1, -0.05) is 48.9 Å². The third-order valence-electron chi connectivity index (χ3n) is 5.57. The van der Waals surface area contributed by atoms with Gasteiger partial charge in [0.25, 0.3) is 10.0 Å². The highest BCUT2D eigenvalue weighted by Gasteiger charge is 2.31. The molecule has 8 heteroatoms. The normalized spacial score (nSPS) is 20.1. The summed E-state index contributed by atoms with van der Waals surface area (Å²) in [4.78, 5) is 19.7. The molecule has 164 valence electrons. The number of hydrogen-bond acceptors (Lipinski definition) is 6. The van der Waals surface area contributed by atoms with Crippen LogP contribution >= 0.6 is 0 Å². The monoisotopic (exact) mass is 441 g/mol. The number of carbonyl (C=O) groups is 1. The summed E-state index contributed by atoms with van der Waals surface area (Å²) in [6.45, 7) is 2.38. The number of amidine groups is 1. The van der Waals surface area contributed by atoms with Crippen LogP contribution in [0.5, 0.6) is 0 Å². The van der Waals surface area contributed by atoms with Gasteiger partial charge in [-0.2, -0.15) is 0 Å². The number of esters is 1. The number of fused-ring (bicyclic) bond motifs is 1. The van der Waals surface area contributed by atoms with Gasteiger partial charge in [-0.15, -0.1) is 0 Å². The zero-order valence-corrected chi connectivity index (χ0v) is 18.2. The van der Waals surface area contributed by atoms with Crippen molar-refractivity contribution >= 4 is 21.8 Å². The average Bonchev–Trinajstić information content (AvgIpc) is 3.05. The average molecular weight is 442 g/mol. The quantitative estimate of drug-likeness (QED) is 0.527. The number of piperidine rings is 1. The first-order chi connectivity index (χ1) is 15.1. The van der Waals surface area contributed by atoms with Gasteiger partial charge in [-0.05, 0) is 43.6 Å². The summed E-state index contributed by atoms with van der Waals surface area (Å²) in [5, 5.41) is 0. The largest absolute Gasteiger partial charge is 0.464 e. The van der Waals surface area contributed by atoms with Gasteiger partial charge in [-0.3, -0.25) is 14.6 Å². The van der Waals surface area contributed by atoms with E-state index in [1.54, 1.807) is 24.3 Å². The molecule has 1 atom stereocenters.